The number of nitriles is 1. The molecule has 2 fully saturated rings. The van der Waals surface area contributed by atoms with Crippen LogP contribution in [0.1, 0.15) is 46.8 Å². The lowest BCUT2D eigenvalue weighted by Crippen LogP contribution is -2.55. The number of piperidine rings is 1. The molecule has 41 heavy (non-hydrogen) atoms. The Balaban J connectivity index is 1.10. The van der Waals surface area contributed by atoms with Crippen molar-refractivity contribution in [1.82, 2.24) is 20.1 Å². The molecule has 3 heterocycles. The maximum absolute atomic E-state index is 12.7. The van der Waals surface area contributed by atoms with E-state index in [1.54, 1.807) is 24.4 Å². The number of hydrogen-bond acceptors (Lipinski definition) is 6. The van der Waals surface area contributed by atoms with Crippen molar-refractivity contribution >= 4 is 46.5 Å². The van der Waals surface area contributed by atoms with E-state index in [0.29, 0.717) is 44.8 Å². The van der Waals surface area contributed by atoms with Gasteiger partial charge in [0.2, 0.25) is 0 Å². The Labute approximate surface area is 256 Å². The third-order valence-corrected chi connectivity index (χ3v) is 9.12. The van der Waals surface area contributed by atoms with E-state index in [9.17, 15) is 4.79 Å². The highest BCUT2D eigenvalue weighted by Crippen LogP contribution is 2.29. The number of rotatable bonds is 7. The molecule has 0 aliphatic carbocycles. The highest BCUT2D eigenvalue weighted by atomic mass is 35.5. The summed E-state index contributed by atoms with van der Waals surface area (Å²) in [5.41, 5.74) is 3.23. The number of nitrogens with one attached hydrogen (secondary N) is 1. The third-order valence-electron chi connectivity index (χ3n) is 8.11. The van der Waals surface area contributed by atoms with Gasteiger partial charge >= 0.3 is 0 Å². The minimum atomic E-state index is -0.249. The van der Waals surface area contributed by atoms with Gasteiger partial charge in [-0.25, -0.2) is 4.98 Å². The van der Waals surface area contributed by atoms with E-state index in [4.69, 9.17) is 40.1 Å². The van der Waals surface area contributed by atoms with Crippen LogP contribution >= 0.6 is 34.8 Å². The van der Waals surface area contributed by atoms with Crippen LogP contribution in [0.4, 0.5) is 5.82 Å². The Bertz CT molecular complexity index is 1420. The van der Waals surface area contributed by atoms with Crippen molar-refractivity contribution in [3.05, 3.63) is 92.0 Å². The maximum atomic E-state index is 12.7. The largest absolute Gasteiger partial charge is 0.353 e. The first kappa shape index (κ1) is 29.6. The van der Waals surface area contributed by atoms with E-state index in [2.05, 4.69) is 50.1 Å². The Morgan fingerprint density at radius 2 is 1.71 bits per heavy atom. The van der Waals surface area contributed by atoms with E-state index in [-0.39, 0.29) is 5.91 Å². The summed E-state index contributed by atoms with van der Waals surface area (Å²) in [6.45, 7) is 8.22. The second-order valence-electron chi connectivity index (χ2n) is 10.8. The fourth-order valence-corrected chi connectivity index (χ4v) is 6.31. The highest BCUT2D eigenvalue weighted by molar-refractivity contribution is 6.42. The van der Waals surface area contributed by atoms with E-state index in [1.165, 1.54) is 5.56 Å². The molecule has 7 nitrogen and oxygen atoms in total. The number of piperazine rings is 1. The molecular formula is C31H33Cl3N6O. The van der Waals surface area contributed by atoms with Crippen molar-refractivity contribution in [2.24, 2.45) is 0 Å². The molecule has 2 aromatic carbocycles. The molecule has 2 saturated heterocycles. The first-order valence-electron chi connectivity index (χ1n) is 13.9. The Hall–Kier alpha value is -2.86. The summed E-state index contributed by atoms with van der Waals surface area (Å²) in [6.07, 6.45) is 3.87. The number of pyridine rings is 1. The van der Waals surface area contributed by atoms with Crippen molar-refractivity contribution in [1.29, 1.82) is 5.26 Å². The van der Waals surface area contributed by atoms with Gasteiger partial charge in [0, 0.05) is 64.1 Å². The zero-order valence-corrected chi connectivity index (χ0v) is 25.3. The average Bonchev–Trinajstić information content (AvgIpc) is 2.99. The molecule has 2 aliphatic heterocycles. The first-order chi connectivity index (χ1) is 19.8. The summed E-state index contributed by atoms with van der Waals surface area (Å²) in [4.78, 5) is 24.6. The van der Waals surface area contributed by atoms with Gasteiger partial charge < -0.3 is 10.2 Å². The standard InChI is InChI=1S/C31H33Cl3N6O/c1-21-14-26(8-9-40(21)20-23-4-2-22(17-35)3-5-23)38-10-12-39(13-11-38)30-29(34)16-25(19-36-30)31(41)37-18-24-6-7-27(32)28(33)15-24/h2-7,15-16,19,21,26H,8-14,18,20H2,1H3,(H,37,41). The van der Waals surface area contributed by atoms with Gasteiger partial charge in [0.1, 0.15) is 5.82 Å². The summed E-state index contributed by atoms with van der Waals surface area (Å²) >= 11 is 18.7. The van der Waals surface area contributed by atoms with Crippen molar-refractivity contribution in [3.63, 3.8) is 0 Å². The molecule has 2 aliphatic rings. The van der Waals surface area contributed by atoms with E-state index in [0.717, 1.165) is 63.5 Å². The lowest BCUT2D eigenvalue weighted by atomic mass is 9.95. The van der Waals surface area contributed by atoms with Gasteiger partial charge in [-0.1, -0.05) is 53.0 Å². The second-order valence-corrected chi connectivity index (χ2v) is 12.0. The van der Waals surface area contributed by atoms with E-state index in [1.807, 2.05) is 18.2 Å². The van der Waals surface area contributed by atoms with E-state index >= 15 is 0 Å². The van der Waals surface area contributed by atoms with Crippen molar-refractivity contribution in [2.75, 3.05) is 37.6 Å². The molecule has 1 aromatic heterocycles. The maximum Gasteiger partial charge on any atom is 0.253 e. The predicted molar refractivity (Wildman–Crippen MR) is 165 cm³/mol. The normalized spacial score (nSPS) is 20.0. The van der Waals surface area contributed by atoms with Gasteiger partial charge in [0.05, 0.1) is 32.3 Å². The molecule has 0 spiro atoms. The van der Waals surface area contributed by atoms with Crippen LogP contribution in [0.3, 0.4) is 0 Å². The monoisotopic (exact) mass is 610 g/mol. The molecule has 0 saturated carbocycles. The quantitative estimate of drug-likeness (QED) is 0.352. The van der Waals surface area contributed by atoms with Crippen molar-refractivity contribution in [2.45, 2.75) is 44.9 Å². The Morgan fingerprint density at radius 1 is 0.976 bits per heavy atom. The minimum Gasteiger partial charge on any atom is -0.353 e. The van der Waals surface area contributed by atoms with Crippen LogP contribution in [0, 0.1) is 11.3 Å². The van der Waals surface area contributed by atoms with Gasteiger partial charge in [-0.15, -0.1) is 0 Å². The molecule has 1 amide bonds. The number of carbonyl (C=O) groups is 1. The highest BCUT2D eigenvalue weighted by Gasteiger charge is 2.31. The molecule has 0 radical (unpaired) electrons. The van der Waals surface area contributed by atoms with Gasteiger partial charge in [0.15, 0.2) is 0 Å². The number of hydrogen-bond donors (Lipinski definition) is 1. The Morgan fingerprint density at radius 3 is 2.37 bits per heavy atom. The number of nitrogens with zero attached hydrogens (tertiary/aromatic N) is 5. The summed E-state index contributed by atoms with van der Waals surface area (Å²) in [5, 5.41) is 13.3. The van der Waals surface area contributed by atoms with Gasteiger partial charge in [-0.3, -0.25) is 14.6 Å². The number of halogens is 3. The molecule has 10 heteroatoms. The fourth-order valence-electron chi connectivity index (χ4n) is 5.70. The van der Waals surface area contributed by atoms with Crippen LogP contribution in [0.25, 0.3) is 0 Å². The summed E-state index contributed by atoms with van der Waals surface area (Å²) in [5.74, 6) is 0.472. The first-order valence-corrected chi connectivity index (χ1v) is 15.0. The van der Waals surface area contributed by atoms with Gasteiger partial charge in [0.25, 0.3) is 5.91 Å². The smallest absolute Gasteiger partial charge is 0.253 e. The number of aromatic nitrogens is 1. The predicted octanol–water partition coefficient (Wildman–Crippen LogP) is 6.02. The molecule has 214 valence electrons. The number of anilines is 1. The molecule has 3 aromatic rings. The summed E-state index contributed by atoms with van der Waals surface area (Å²) in [7, 11) is 0. The second kappa shape index (κ2) is 13.4. The van der Waals surface area contributed by atoms with Gasteiger partial charge in [-0.05, 0) is 61.2 Å². The molecule has 2 atom stereocenters. The number of amides is 1. The SMILES string of the molecule is CC1CC(N2CCN(c3ncc(C(=O)NCc4ccc(Cl)c(Cl)c4)cc3Cl)CC2)CCN1Cc1ccc(C#N)cc1. The Kier molecular flexibility index (Phi) is 9.69. The summed E-state index contributed by atoms with van der Waals surface area (Å²) < 4.78 is 0. The topological polar surface area (TPSA) is 75.5 Å². The van der Waals surface area contributed by atoms with Crippen LogP contribution in [-0.2, 0) is 13.1 Å². The lowest BCUT2D eigenvalue weighted by molar-refractivity contribution is 0.0643. The third kappa shape index (κ3) is 7.32. The molecular weight excluding hydrogens is 579 g/mol. The number of benzene rings is 2. The van der Waals surface area contributed by atoms with Crippen LogP contribution in [0.5, 0.6) is 0 Å². The van der Waals surface area contributed by atoms with Crippen LogP contribution < -0.4 is 10.2 Å². The van der Waals surface area contributed by atoms with Crippen LogP contribution in [0.15, 0.2) is 54.7 Å². The molecule has 5 rings (SSSR count). The number of likely N-dealkylation sites (tertiary alicyclic amines) is 1. The molecule has 2 unspecified atom stereocenters. The lowest BCUT2D eigenvalue weighted by Gasteiger charge is -2.45. The van der Waals surface area contributed by atoms with Crippen LogP contribution in [-0.4, -0.2) is 65.5 Å². The van der Waals surface area contributed by atoms with Crippen LogP contribution in [0.2, 0.25) is 15.1 Å². The summed E-state index contributed by atoms with van der Waals surface area (Å²) in [6, 6.07) is 18.1. The zero-order valence-electron chi connectivity index (χ0n) is 23.0. The van der Waals surface area contributed by atoms with Crippen molar-refractivity contribution < 1.29 is 4.79 Å². The van der Waals surface area contributed by atoms with Gasteiger partial charge in [-0.2, -0.15) is 5.26 Å². The zero-order chi connectivity index (χ0) is 28.9. The fraction of sp³-hybridized carbons (Fsp3) is 0.387. The van der Waals surface area contributed by atoms with E-state index < -0.39 is 0 Å². The molecule has 1 N–H and O–H groups in total. The number of carbonyl (C=O) groups excluding carboxylic acids is 1. The van der Waals surface area contributed by atoms with Crippen molar-refractivity contribution in [3.8, 4) is 6.07 Å². The average molecular weight is 612 g/mol. The minimum absolute atomic E-state index is 0.249. The molecule has 0 bridgehead atoms.